The predicted octanol–water partition coefficient (Wildman–Crippen LogP) is 2.39. The van der Waals surface area contributed by atoms with Crippen molar-refractivity contribution >= 4 is 38.6 Å². The van der Waals surface area contributed by atoms with Crippen LogP contribution in [0.25, 0.3) is 0 Å². The Morgan fingerprint density at radius 1 is 1.64 bits per heavy atom. The summed E-state index contributed by atoms with van der Waals surface area (Å²) in [6, 6.07) is 1.94. The smallest absolute Gasteiger partial charge is 0.161 e. The molecule has 0 N–H and O–H groups in total. The molecule has 0 aliphatic heterocycles. The van der Waals surface area contributed by atoms with Crippen molar-refractivity contribution in [3.05, 3.63) is 15.4 Å². The Bertz CT molecular complexity index is 269. The van der Waals surface area contributed by atoms with Gasteiger partial charge in [0.05, 0.1) is 9.88 Å². The maximum Gasteiger partial charge on any atom is 0.161 e. The zero-order chi connectivity index (χ0) is 8.43. The predicted molar refractivity (Wildman–Crippen MR) is 51.7 cm³/mol. The molecule has 0 aliphatic carbocycles. The second-order valence-corrected chi connectivity index (χ2v) is 4.23. The summed E-state index contributed by atoms with van der Waals surface area (Å²) in [6.45, 7) is 0. The van der Waals surface area contributed by atoms with Gasteiger partial charge >= 0.3 is 0 Å². The fraction of sp³-hybridized carbons (Fsp3) is 0.286. The third kappa shape index (κ3) is 1.81. The molecule has 0 amide bonds. The van der Waals surface area contributed by atoms with Gasteiger partial charge in [-0.25, -0.2) is 0 Å². The highest BCUT2D eigenvalue weighted by Crippen LogP contribution is 2.31. The van der Waals surface area contributed by atoms with Crippen molar-refractivity contribution in [3.8, 4) is 0 Å². The van der Waals surface area contributed by atoms with E-state index in [1.807, 2.05) is 25.1 Å². The highest BCUT2D eigenvalue weighted by atomic mass is 79.9. The number of rotatable bonds is 2. The average Bonchev–Trinajstić information content (AvgIpc) is 2.31. The number of nitrogens with zero attached hydrogens (tertiary/aromatic N) is 1. The molecule has 0 unspecified atom stereocenters. The maximum absolute atomic E-state index is 10.4. The molecule has 1 heterocycles. The number of aldehydes is 1. The zero-order valence-electron chi connectivity index (χ0n) is 6.30. The van der Waals surface area contributed by atoms with E-state index < -0.39 is 0 Å². The van der Waals surface area contributed by atoms with Gasteiger partial charge in [0.2, 0.25) is 0 Å². The Morgan fingerprint density at radius 2 is 2.27 bits per heavy atom. The maximum atomic E-state index is 10.4. The van der Waals surface area contributed by atoms with Crippen molar-refractivity contribution in [2.24, 2.45) is 0 Å². The molecule has 0 aromatic carbocycles. The molecule has 0 atom stereocenters. The van der Waals surface area contributed by atoms with E-state index in [1.54, 1.807) is 0 Å². The van der Waals surface area contributed by atoms with E-state index >= 15 is 0 Å². The second-order valence-electron chi connectivity index (χ2n) is 2.31. The summed E-state index contributed by atoms with van der Waals surface area (Å²) in [5.41, 5.74) is 0. The van der Waals surface area contributed by atoms with Gasteiger partial charge in [0.15, 0.2) is 6.29 Å². The first-order valence-corrected chi connectivity index (χ1v) is 4.68. The lowest BCUT2D eigenvalue weighted by molar-refractivity contribution is 0.112. The minimum Gasteiger partial charge on any atom is -0.370 e. The van der Waals surface area contributed by atoms with Gasteiger partial charge in [-0.1, -0.05) is 0 Å². The molecular weight excluding hydrogens is 226 g/mol. The topological polar surface area (TPSA) is 20.3 Å². The van der Waals surface area contributed by atoms with Gasteiger partial charge in [0.1, 0.15) is 0 Å². The molecule has 0 radical (unpaired) electrons. The van der Waals surface area contributed by atoms with Gasteiger partial charge in [0, 0.05) is 18.6 Å². The van der Waals surface area contributed by atoms with Gasteiger partial charge in [-0.05, 0) is 22.0 Å². The summed E-state index contributed by atoms with van der Waals surface area (Å²) >= 11 is 4.78. The number of thiophene rings is 1. The fourth-order valence-electron chi connectivity index (χ4n) is 0.671. The summed E-state index contributed by atoms with van der Waals surface area (Å²) in [5.74, 6) is 0. The largest absolute Gasteiger partial charge is 0.370 e. The molecule has 2 nitrogen and oxygen atoms in total. The minimum absolute atomic E-state index is 0.744. The fourth-order valence-corrected chi connectivity index (χ4v) is 2.16. The third-order valence-corrected chi connectivity index (χ3v) is 3.39. The first-order valence-electron chi connectivity index (χ1n) is 3.07. The Morgan fingerprint density at radius 3 is 2.55 bits per heavy atom. The third-order valence-electron chi connectivity index (χ3n) is 1.25. The van der Waals surface area contributed by atoms with Gasteiger partial charge in [-0.2, -0.15) is 0 Å². The Kier molecular flexibility index (Phi) is 2.67. The van der Waals surface area contributed by atoms with Gasteiger partial charge in [0.25, 0.3) is 0 Å². The number of anilines is 1. The highest BCUT2D eigenvalue weighted by Gasteiger charge is 2.06. The van der Waals surface area contributed by atoms with E-state index in [9.17, 15) is 4.79 Å². The zero-order valence-corrected chi connectivity index (χ0v) is 8.70. The Labute approximate surface area is 78.0 Å². The van der Waals surface area contributed by atoms with Gasteiger partial charge < -0.3 is 4.90 Å². The van der Waals surface area contributed by atoms with Crippen LogP contribution in [0.3, 0.4) is 0 Å². The van der Waals surface area contributed by atoms with Crippen LogP contribution in [0.2, 0.25) is 0 Å². The molecule has 11 heavy (non-hydrogen) atoms. The van der Waals surface area contributed by atoms with E-state index in [1.165, 1.54) is 11.3 Å². The Hall–Kier alpha value is -0.350. The number of hydrogen-bond donors (Lipinski definition) is 0. The van der Waals surface area contributed by atoms with Crippen molar-refractivity contribution in [2.75, 3.05) is 19.0 Å². The lowest BCUT2D eigenvalue weighted by Gasteiger charge is -2.06. The summed E-state index contributed by atoms with van der Waals surface area (Å²) in [6.07, 6.45) is 0.863. The number of carbonyl (C=O) groups excluding carboxylic acids is 1. The quantitative estimate of drug-likeness (QED) is 0.732. The first kappa shape index (κ1) is 8.74. The average molecular weight is 234 g/mol. The molecule has 0 aliphatic rings. The van der Waals surface area contributed by atoms with Gasteiger partial charge in [-0.15, -0.1) is 11.3 Å². The lowest BCUT2D eigenvalue weighted by atomic mass is 10.5. The highest BCUT2D eigenvalue weighted by molar-refractivity contribution is 9.10. The van der Waals surface area contributed by atoms with Crippen molar-refractivity contribution in [1.82, 2.24) is 0 Å². The monoisotopic (exact) mass is 233 g/mol. The van der Waals surface area contributed by atoms with Crippen LogP contribution in [0.15, 0.2) is 10.5 Å². The Balaban J connectivity index is 3.04. The van der Waals surface area contributed by atoms with E-state index in [0.717, 1.165) is 20.6 Å². The van der Waals surface area contributed by atoms with Crippen LogP contribution in [-0.2, 0) is 0 Å². The molecule has 0 bridgehead atoms. The molecular formula is C7H8BrNOS. The van der Waals surface area contributed by atoms with Crippen LogP contribution in [0.1, 0.15) is 9.67 Å². The van der Waals surface area contributed by atoms with E-state index in [0.29, 0.717) is 0 Å². The lowest BCUT2D eigenvalue weighted by Crippen LogP contribution is -2.05. The van der Waals surface area contributed by atoms with Crippen molar-refractivity contribution in [2.45, 2.75) is 0 Å². The van der Waals surface area contributed by atoms with E-state index in [-0.39, 0.29) is 0 Å². The summed E-state index contributed by atoms with van der Waals surface area (Å²) in [5, 5.41) is 1.08. The standard InChI is InChI=1S/C7H8BrNOS/c1-9(2)7-3-5(8)6(4-10)11-7/h3-4H,1-2H3. The SMILES string of the molecule is CN(C)c1cc(Br)c(C=O)s1. The summed E-state index contributed by atoms with van der Waals surface area (Å²) < 4.78 is 0.876. The molecule has 0 spiro atoms. The van der Waals surface area contributed by atoms with Crippen molar-refractivity contribution in [1.29, 1.82) is 0 Å². The van der Waals surface area contributed by atoms with E-state index in [4.69, 9.17) is 0 Å². The van der Waals surface area contributed by atoms with Crippen LogP contribution in [0.4, 0.5) is 5.00 Å². The normalized spacial score (nSPS) is 9.73. The molecule has 4 heteroatoms. The van der Waals surface area contributed by atoms with Gasteiger partial charge in [-0.3, -0.25) is 4.79 Å². The van der Waals surface area contributed by atoms with Crippen molar-refractivity contribution in [3.63, 3.8) is 0 Å². The molecule has 0 fully saturated rings. The second kappa shape index (κ2) is 3.36. The first-order chi connectivity index (χ1) is 5.15. The molecule has 0 saturated carbocycles. The molecule has 1 aromatic heterocycles. The summed E-state index contributed by atoms with van der Waals surface area (Å²) in [7, 11) is 3.90. The van der Waals surface area contributed by atoms with Crippen LogP contribution in [-0.4, -0.2) is 20.4 Å². The van der Waals surface area contributed by atoms with Crippen molar-refractivity contribution < 1.29 is 4.79 Å². The van der Waals surface area contributed by atoms with Crippen LogP contribution in [0.5, 0.6) is 0 Å². The molecule has 60 valence electrons. The molecule has 1 aromatic rings. The summed E-state index contributed by atoms with van der Waals surface area (Å²) in [4.78, 5) is 13.1. The molecule has 0 saturated heterocycles. The number of halogens is 1. The van der Waals surface area contributed by atoms with Crippen LogP contribution < -0.4 is 4.90 Å². The minimum atomic E-state index is 0.744. The van der Waals surface area contributed by atoms with E-state index in [2.05, 4.69) is 15.9 Å². The number of carbonyl (C=O) groups is 1. The van der Waals surface area contributed by atoms with Crippen LogP contribution >= 0.6 is 27.3 Å². The number of hydrogen-bond acceptors (Lipinski definition) is 3. The van der Waals surface area contributed by atoms with Crippen LogP contribution in [0, 0.1) is 0 Å². The molecule has 1 rings (SSSR count).